The molecule has 4 aliphatic rings. The van der Waals surface area contributed by atoms with Gasteiger partial charge in [-0.2, -0.15) is 0 Å². The quantitative estimate of drug-likeness (QED) is 0.176. The summed E-state index contributed by atoms with van der Waals surface area (Å²) in [5.41, 5.74) is 8.31. The van der Waals surface area contributed by atoms with Crippen molar-refractivity contribution in [2.75, 3.05) is 0 Å². The molecule has 4 aromatic carbocycles. The Balaban J connectivity index is 0.000000167. The largest absolute Gasteiger partial charge is 0.490 e. The molecule has 4 saturated carbocycles. The van der Waals surface area contributed by atoms with Crippen LogP contribution >= 0.6 is 0 Å². The van der Waals surface area contributed by atoms with Crippen LogP contribution in [0.2, 0.25) is 0 Å². The second-order valence-electron chi connectivity index (χ2n) is 19.3. The number of nitrogens with one attached hydrogen (secondary N) is 1. The molecule has 0 unspecified atom stereocenters. The Hall–Kier alpha value is -3.41. The fourth-order valence-electron chi connectivity index (χ4n) is 8.64. The second-order valence-corrected chi connectivity index (χ2v) is 19.3. The third-order valence-corrected chi connectivity index (χ3v) is 13.1. The Morgan fingerprint density at radius 1 is 0.582 bits per heavy atom. The van der Waals surface area contributed by atoms with Gasteiger partial charge < -0.3 is 20.5 Å². The Kier molecular flexibility index (Phi) is 14.0. The minimum atomic E-state index is 0.334. The van der Waals surface area contributed by atoms with E-state index in [1.54, 1.807) is 0 Å². The van der Waals surface area contributed by atoms with Gasteiger partial charge in [-0.1, -0.05) is 90.8 Å². The molecule has 0 aromatic heterocycles. The van der Waals surface area contributed by atoms with E-state index in [1.165, 1.54) is 93.4 Å². The van der Waals surface area contributed by atoms with Gasteiger partial charge in [-0.3, -0.25) is 4.79 Å². The van der Waals surface area contributed by atoms with Crippen LogP contribution in [0.5, 0.6) is 11.5 Å². The molecule has 5 nitrogen and oxygen atoms in total. The number of ether oxygens (including phenoxy) is 2. The standard InChI is InChI=1S/C25H35NO.C21H26O2.C4H9N/c1-25(2,3)21-10-13-23(14-11-21)27-24-12-9-19-15-18(7-8-20(19)16-24)17-26-22-5-4-6-22;1-21(2,3)18-7-10-19(11-8-18)23-20-9-6-16-12-15(14-22)4-5-17(16)13-20;5-4-2-1-3-4/h7-9,12,15-16,21-23,26H,4-6,10-11,13-14,17H2,1-3H3;4-6,9,12-14,18-19H,7-8,10-11H2,1-3H3;4H,1-3,5H2. The van der Waals surface area contributed by atoms with Gasteiger partial charge in [0.25, 0.3) is 0 Å². The number of fused-ring (bicyclic) bond motifs is 2. The lowest BCUT2D eigenvalue weighted by molar-refractivity contribution is 0.0881. The average Bonchev–Trinajstić information content (AvgIpc) is 3.13. The first-order valence-corrected chi connectivity index (χ1v) is 21.7. The van der Waals surface area contributed by atoms with E-state index in [0.717, 1.165) is 65.8 Å². The van der Waals surface area contributed by atoms with Crippen LogP contribution in [0.1, 0.15) is 147 Å². The SMILES string of the molecule is CC(C)(C)C1CCC(Oc2ccc3cc(C=O)ccc3c2)CC1.CC(C)(C)C1CCC(Oc2ccc3cc(CNC4CCC4)ccc3c2)CC1.NC1CCC1. The minimum absolute atomic E-state index is 0.334. The van der Waals surface area contributed by atoms with Gasteiger partial charge in [-0.05, 0) is 163 Å². The molecule has 0 radical (unpaired) electrons. The van der Waals surface area contributed by atoms with Gasteiger partial charge in [0.1, 0.15) is 17.8 Å². The van der Waals surface area contributed by atoms with Crippen LogP contribution in [0, 0.1) is 22.7 Å². The summed E-state index contributed by atoms with van der Waals surface area (Å²) >= 11 is 0. The first-order valence-electron chi connectivity index (χ1n) is 21.7. The molecule has 0 spiro atoms. The Labute approximate surface area is 332 Å². The van der Waals surface area contributed by atoms with Crippen molar-refractivity contribution in [3.05, 3.63) is 83.9 Å². The molecule has 4 aliphatic carbocycles. The summed E-state index contributed by atoms with van der Waals surface area (Å²) < 4.78 is 12.6. The highest BCUT2D eigenvalue weighted by molar-refractivity contribution is 5.89. The highest BCUT2D eigenvalue weighted by Crippen LogP contribution is 2.40. The third-order valence-electron chi connectivity index (χ3n) is 13.1. The summed E-state index contributed by atoms with van der Waals surface area (Å²) in [5.74, 6) is 3.61. The molecule has 0 aliphatic heterocycles. The predicted molar refractivity (Wildman–Crippen MR) is 231 cm³/mol. The molecule has 55 heavy (non-hydrogen) atoms. The molecule has 3 N–H and O–H groups in total. The molecule has 5 heteroatoms. The summed E-state index contributed by atoms with van der Waals surface area (Å²) in [6, 6.07) is 26.6. The van der Waals surface area contributed by atoms with Gasteiger partial charge in [0.2, 0.25) is 0 Å². The fraction of sp³-hybridized carbons (Fsp3) is 0.580. The molecule has 298 valence electrons. The van der Waals surface area contributed by atoms with Crippen LogP contribution in [0.15, 0.2) is 72.8 Å². The number of rotatable bonds is 8. The van der Waals surface area contributed by atoms with Gasteiger partial charge >= 0.3 is 0 Å². The zero-order valence-corrected chi connectivity index (χ0v) is 34.9. The number of aldehydes is 1. The van der Waals surface area contributed by atoms with E-state index >= 15 is 0 Å². The zero-order chi connectivity index (χ0) is 39.0. The monoisotopic (exact) mass is 747 g/mol. The summed E-state index contributed by atoms with van der Waals surface area (Å²) in [6.07, 6.45) is 19.3. The number of nitrogens with two attached hydrogens (primary N) is 1. The molecule has 0 amide bonds. The van der Waals surface area contributed by atoms with Crippen molar-refractivity contribution in [1.29, 1.82) is 0 Å². The fourth-order valence-corrected chi connectivity index (χ4v) is 8.64. The Bertz CT molecular complexity index is 1810. The smallest absolute Gasteiger partial charge is 0.150 e. The van der Waals surface area contributed by atoms with Crippen molar-refractivity contribution in [2.45, 2.75) is 162 Å². The Morgan fingerprint density at radius 2 is 1.02 bits per heavy atom. The molecule has 4 aromatic rings. The van der Waals surface area contributed by atoms with E-state index in [4.69, 9.17) is 15.2 Å². The molecule has 0 saturated heterocycles. The molecular weight excluding hydrogens is 677 g/mol. The van der Waals surface area contributed by atoms with Crippen LogP contribution in [-0.4, -0.2) is 30.6 Å². The van der Waals surface area contributed by atoms with Crippen LogP contribution in [0.25, 0.3) is 21.5 Å². The highest BCUT2D eigenvalue weighted by Gasteiger charge is 2.31. The van der Waals surface area contributed by atoms with E-state index in [2.05, 4.69) is 89.3 Å². The van der Waals surface area contributed by atoms with Crippen molar-refractivity contribution in [2.24, 2.45) is 28.4 Å². The van der Waals surface area contributed by atoms with Gasteiger partial charge in [-0.25, -0.2) is 0 Å². The van der Waals surface area contributed by atoms with Crippen LogP contribution in [0.3, 0.4) is 0 Å². The molecular formula is C50H70N2O3. The third kappa shape index (κ3) is 12.0. The first-order chi connectivity index (χ1) is 26.3. The number of benzene rings is 4. The van der Waals surface area contributed by atoms with Crippen LogP contribution in [0.4, 0.5) is 0 Å². The van der Waals surface area contributed by atoms with Crippen LogP contribution in [-0.2, 0) is 6.54 Å². The number of carbonyl (C=O) groups is 1. The minimum Gasteiger partial charge on any atom is -0.490 e. The van der Waals surface area contributed by atoms with Crippen molar-refractivity contribution in [1.82, 2.24) is 5.32 Å². The van der Waals surface area contributed by atoms with Crippen molar-refractivity contribution in [3.63, 3.8) is 0 Å². The van der Waals surface area contributed by atoms with Gasteiger partial charge in [0.05, 0.1) is 12.2 Å². The molecule has 0 bridgehead atoms. The molecule has 0 heterocycles. The lowest BCUT2D eigenvalue weighted by Gasteiger charge is -2.37. The van der Waals surface area contributed by atoms with Gasteiger partial charge in [0.15, 0.2) is 0 Å². The predicted octanol–water partition coefficient (Wildman–Crippen LogP) is 12.6. The Morgan fingerprint density at radius 3 is 1.44 bits per heavy atom. The van der Waals surface area contributed by atoms with Crippen LogP contribution < -0.4 is 20.5 Å². The number of hydrogen-bond donors (Lipinski definition) is 2. The van der Waals surface area contributed by atoms with Crippen molar-refractivity contribution < 1.29 is 14.3 Å². The maximum Gasteiger partial charge on any atom is 0.150 e. The summed E-state index contributed by atoms with van der Waals surface area (Å²) in [6.45, 7) is 15.1. The summed E-state index contributed by atoms with van der Waals surface area (Å²) in [5, 5.41) is 8.45. The highest BCUT2D eigenvalue weighted by atomic mass is 16.5. The van der Waals surface area contributed by atoms with Crippen molar-refractivity contribution in [3.8, 4) is 11.5 Å². The molecule has 4 fully saturated rings. The first kappa shape index (κ1) is 41.2. The van der Waals surface area contributed by atoms with E-state index in [-0.39, 0.29) is 0 Å². The van der Waals surface area contributed by atoms with Gasteiger partial charge in [0, 0.05) is 24.2 Å². The lowest BCUT2D eigenvalue weighted by Crippen LogP contribution is -2.34. The van der Waals surface area contributed by atoms with E-state index in [1.807, 2.05) is 30.3 Å². The summed E-state index contributed by atoms with van der Waals surface area (Å²) in [7, 11) is 0. The maximum atomic E-state index is 10.9. The van der Waals surface area contributed by atoms with E-state index in [9.17, 15) is 4.79 Å². The molecule has 8 rings (SSSR count). The van der Waals surface area contributed by atoms with E-state index in [0.29, 0.717) is 34.6 Å². The maximum absolute atomic E-state index is 10.9. The normalized spacial score (nSPS) is 23.3. The number of hydrogen-bond acceptors (Lipinski definition) is 5. The van der Waals surface area contributed by atoms with Crippen molar-refractivity contribution >= 4 is 27.8 Å². The topological polar surface area (TPSA) is 73.6 Å². The zero-order valence-electron chi connectivity index (χ0n) is 34.9. The summed E-state index contributed by atoms with van der Waals surface area (Å²) in [4.78, 5) is 10.9. The van der Waals surface area contributed by atoms with Gasteiger partial charge in [-0.15, -0.1) is 0 Å². The number of carbonyl (C=O) groups excluding carboxylic acids is 1. The van der Waals surface area contributed by atoms with E-state index < -0.39 is 0 Å². The second kappa shape index (κ2) is 18.7. The average molecular weight is 747 g/mol. The lowest BCUT2D eigenvalue weighted by atomic mass is 9.72. The molecule has 0 atom stereocenters.